The standard InChI is InChI=1S/C14H28N2O3/c1-13(2)4-10-19-11-9-15-5-3-6-16(8-7-15)12-14(17)18/h13H,3-12H2,1-2H3,(H,17,18). The average Bonchev–Trinajstić information content (AvgIpc) is 2.53. The van der Waals surface area contributed by atoms with E-state index in [0.29, 0.717) is 5.92 Å². The van der Waals surface area contributed by atoms with Crippen LogP contribution in [0.2, 0.25) is 0 Å². The summed E-state index contributed by atoms with van der Waals surface area (Å²) in [5.41, 5.74) is 0. The van der Waals surface area contributed by atoms with E-state index in [1.807, 2.05) is 4.90 Å². The van der Waals surface area contributed by atoms with E-state index >= 15 is 0 Å². The molecule has 1 saturated heterocycles. The molecule has 0 atom stereocenters. The first-order chi connectivity index (χ1) is 9.08. The van der Waals surface area contributed by atoms with Crippen molar-refractivity contribution in [2.45, 2.75) is 26.7 Å². The molecule has 1 fully saturated rings. The molecule has 112 valence electrons. The minimum atomic E-state index is -0.731. The van der Waals surface area contributed by atoms with Gasteiger partial charge in [-0.15, -0.1) is 0 Å². The third-order valence-electron chi connectivity index (χ3n) is 3.43. The maximum atomic E-state index is 10.7. The van der Waals surface area contributed by atoms with Gasteiger partial charge in [-0.3, -0.25) is 14.6 Å². The van der Waals surface area contributed by atoms with Gasteiger partial charge in [0.25, 0.3) is 0 Å². The van der Waals surface area contributed by atoms with Crippen LogP contribution in [-0.4, -0.2) is 73.4 Å². The zero-order valence-corrected chi connectivity index (χ0v) is 12.3. The van der Waals surface area contributed by atoms with Gasteiger partial charge in [0.05, 0.1) is 13.2 Å². The molecule has 0 aliphatic carbocycles. The maximum Gasteiger partial charge on any atom is 0.317 e. The topological polar surface area (TPSA) is 53.0 Å². The summed E-state index contributed by atoms with van der Waals surface area (Å²) in [4.78, 5) is 15.1. The van der Waals surface area contributed by atoms with Crippen LogP contribution in [0.4, 0.5) is 0 Å². The van der Waals surface area contributed by atoms with Gasteiger partial charge in [0.2, 0.25) is 0 Å². The lowest BCUT2D eigenvalue weighted by Crippen LogP contribution is -2.35. The van der Waals surface area contributed by atoms with Crippen LogP contribution >= 0.6 is 0 Å². The number of rotatable bonds is 8. The normalized spacial score (nSPS) is 18.7. The molecule has 1 aliphatic rings. The molecule has 0 aromatic heterocycles. The van der Waals surface area contributed by atoms with Crippen molar-refractivity contribution in [2.24, 2.45) is 5.92 Å². The van der Waals surface area contributed by atoms with Crippen LogP contribution in [0.15, 0.2) is 0 Å². The fraction of sp³-hybridized carbons (Fsp3) is 0.929. The number of carboxylic acids is 1. The summed E-state index contributed by atoms with van der Waals surface area (Å²) in [5, 5.41) is 8.79. The van der Waals surface area contributed by atoms with Crippen LogP contribution in [-0.2, 0) is 9.53 Å². The van der Waals surface area contributed by atoms with Gasteiger partial charge in [-0.25, -0.2) is 0 Å². The molecule has 0 unspecified atom stereocenters. The maximum absolute atomic E-state index is 10.7. The monoisotopic (exact) mass is 272 g/mol. The highest BCUT2D eigenvalue weighted by atomic mass is 16.5. The molecule has 1 N–H and O–H groups in total. The second-order valence-corrected chi connectivity index (χ2v) is 5.66. The summed E-state index contributed by atoms with van der Waals surface area (Å²) in [7, 11) is 0. The van der Waals surface area contributed by atoms with E-state index in [1.54, 1.807) is 0 Å². The van der Waals surface area contributed by atoms with Crippen molar-refractivity contribution in [3.63, 3.8) is 0 Å². The highest BCUT2D eigenvalue weighted by Gasteiger charge is 2.16. The van der Waals surface area contributed by atoms with Gasteiger partial charge in [0, 0.05) is 32.8 Å². The smallest absolute Gasteiger partial charge is 0.317 e. The van der Waals surface area contributed by atoms with E-state index in [2.05, 4.69) is 18.7 Å². The Morgan fingerprint density at radius 3 is 2.53 bits per heavy atom. The van der Waals surface area contributed by atoms with Crippen molar-refractivity contribution < 1.29 is 14.6 Å². The molecule has 5 heteroatoms. The van der Waals surface area contributed by atoms with Gasteiger partial charge >= 0.3 is 5.97 Å². The van der Waals surface area contributed by atoms with Crippen LogP contribution in [0.25, 0.3) is 0 Å². The largest absolute Gasteiger partial charge is 0.480 e. The first-order valence-electron chi connectivity index (χ1n) is 7.32. The van der Waals surface area contributed by atoms with Crippen molar-refractivity contribution in [3.8, 4) is 0 Å². The van der Waals surface area contributed by atoms with E-state index in [1.165, 1.54) is 0 Å². The second-order valence-electron chi connectivity index (χ2n) is 5.66. The molecular formula is C14H28N2O3. The Hall–Kier alpha value is -0.650. The molecule has 0 aromatic rings. The Morgan fingerprint density at radius 2 is 1.84 bits per heavy atom. The molecule has 0 saturated carbocycles. The third kappa shape index (κ3) is 8.18. The van der Waals surface area contributed by atoms with E-state index in [9.17, 15) is 4.79 Å². The number of hydrogen-bond donors (Lipinski definition) is 1. The molecule has 0 bridgehead atoms. The fourth-order valence-corrected chi connectivity index (χ4v) is 2.21. The van der Waals surface area contributed by atoms with E-state index in [-0.39, 0.29) is 6.54 Å². The highest BCUT2D eigenvalue weighted by molar-refractivity contribution is 5.69. The molecule has 19 heavy (non-hydrogen) atoms. The van der Waals surface area contributed by atoms with E-state index in [0.717, 1.165) is 58.8 Å². The van der Waals surface area contributed by atoms with Crippen LogP contribution in [0.3, 0.4) is 0 Å². The molecule has 0 aromatic carbocycles. The van der Waals surface area contributed by atoms with Crippen LogP contribution in [0, 0.1) is 5.92 Å². The summed E-state index contributed by atoms with van der Waals surface area (Å²) >= 11 is 0. The molecule has 1 heterocycles. The van der Waals surface area contributed by atoms with Crippen LogP contribution in [0.1, 0.15) is 26.7 Å². The van der Waals surface area contributed by atoms with Gasteiger partial charge in [0.15, 0.2) is 0 Å². The van der Waals surface area contributed by atoms with Gasteiger partial charge in [-0.1, -0.05) is 13.8 Å². The quantitative estimate of drug-likeness (QED) is 0.672. The predicted octanol–water partition coefficient (Wildman–Crippen LogP) is 1.14. The summed E-state index contributed by atoms with van der Waals surface area (Å²) in [5.74, 6) is -0.0340. The lowest BCUT2D eigenvalue weighted by molar-refractivity contribution is -0.138. The molecule has 1 rings (SSSR count). The Kier molecular flexibility index (Phi) is 8.02. The molecular weight excluding hydrogens is 244 g/mol. The SMILES string of the molecule is CC(C)CCOCCN1CCCN(CC(=O)O)CC1. The fourth-order valence-electron chi connectivity index (χ4n) is 2.21. The molecule has 0 radical (unpaired) electrons. The van der Waals surface area contributed by atoms with Gasteiger partial charge in [-0.05, 0) is 25.3 Å². The Labute approximate surface area is 116 Å². The molecule has 0 spiro atoms. The average molecular weight is 272 g/mol. The summed E-state index contributed by atoms with van der Waals surface area (Å²) in [6.07, 6.45) is 2.16. The summed E-state index contributed by atoms with van der Waals surface area (Å²) in [6.45, 7) is 10.9. The molecule has 5 nitrogen and oxygen atoms in total. The predicted molar refractivity (Wildman–Crippen MR) is 75.4 cm³/mol. The number of hydrogen-bond acceptors (Lipinski definition) is 4. The number of carbonyl (C=O) groups is 1. The van der Waals surface area contributed by atoms with Crippen molar-refractivity contribution in [3.05, 3.63) is 0 Å². The Balaban J connectivity index is 2.10. The van der Waals surface area contributed by atoms with E-state index < -0.39 is 5.97 Å². The van der Waals surface area contributed by atoms with Crippen LogP contribution in [0.5, 0.6) is 0 Å². The first kappa shape index (κ1) is 16.4. The lowest BCUT2D eigenvalue weighted by atomic mass is 10.1. The zero-order valence-electron chi connectivity index (χ0n) is 12.3. The van der Waals surface area contributed by atoms with Crippen molar-refractivity contribution in [1.82, 2.24) is 9.80 Å². The minimum Gasteiger partial charge on any atom is -0.480 e. The van der Waals surface area contributed by atoms with Crippen molar-refractivity contribution in [2.75, 3.05) is 52.5 Å². The highest BCUT2D eigenvalue weighted by Crippen LogP contribution is 2.03. The zero-order chi connectivity index (χ0) is 14.1. The minimum absolute atomic E-state index is 0.165. The summed E-state index contributed by atoms with van der Waals surface area (Å²) in [6, 6.07) is 0. The van der Waals surface area contributed by atoms with Gasteiger partial charge < -0.3 is 9.84 Å². The number of carboxylic acid groups (broad SMARTS) is 1. The Morgan fingerprint density at radius 1 is 1.16 bits per heavy atom. The number of ether oxygens (including phenoxy) is 1. The van der Waals surface area contributed by atoms with E-state index in [4.69, 9.17) is 9.84 Å². The third-order valence-corrected chi connectivity index (χ3v) is 3.43. The Bertz CT molecular complexity index is 259. The van der Waals surface area contributed by atoms with Gasteiger partial charge in [0.1, 0.15) is 0 Å². The number of aliphatic carboxylic acids is 1. The van der Waals surface area contributed by atoms with Crippen LogP contribution < -0.4 is 0 Å². The summed E-state index contributed by atoms with van der Waals surface area (Å²) < 4.78 is 5.63. The number of nitrogens with zero attached hydrogens (tertiary/aromatic N) is 2. The lowest BCUT2D eigenvalue weighted by Gasteiger charge is -2.20. The molecule has 1 aliphatic heterocycles. The second kappa shape index (κ2) is 9.28. The van der Waals surface area contributed by atoms with Crippen molar-refractivity contribution in [1.29, 1.82) is 0 Å². The first-order valence-corrected chi connectivity index (χ1v) is 7.32. The molecule has 0 amide bonds. The van der Waals surface area contributed by atoms with Crippen molar-refractivity contribution >= 4 is 5.97 Å². The van der Waals surface area contributed by atoms with Gasteiger partial charge in [-0.2, -0.15) is 0 Å².